The zero-order valence-electron chi connectivity index (χ0n) is 13.2. The van der Waals surface area contributed by atoms with E-state index in [0.717, 1.165) is 4.90 Å². The monoisotopic (exact) mass is 359 g/mol. The quantitative estimate of drug-likeness (QED) is 0.273. The van der Waals surface area contributed by atoms with Gasteiger partial charge in [0.1, 0.15) is 18.0 Å². The molecule has 0 bridgehead atoms. The molecule has 0 N–H and O–H groups in total. The zero-order chi connectivity index (χ0) is 17.6. The van der Waals surface area contributed by atoms with Gasteiger partial charge in [-0.15, -0.1) is 16.7 Å². The highest BCUT2D eigenvalue weighted by atomic mass is 32.2. The average Bonchev–Trinajstić information content (AvgIpc) is 3.15. The van der Waals surface area contributed by atoms with Crippen LogP contribution in [0.1, 0.15) is 10.4 Å². The minimum Gasteiger partial charge on any atom is -0.497 e. The predicted molar refractivity (Wildman–Crippen MR) is 91.3 cm³/mol. The molecular weight excluding hydrogens is 346 g/mol. The van der Waals surface area contributed by atoms with Crippen LogP contribution in [0.5, 0.6) is 5.75 Å². The highest BCUT2D eigenvalue weighted by Crippen LogP contribution is 2.31. The maximum Gasteiger partial charge on any atom is 0.338 e. The summed E-state index contributed by atoms with van der Waals surface area (Å²) in [4.78, 5) is 23.4. The Hall–Kier alpha value is -2.94. The molecule has 0 atom stereocenters. The van der Waals surface area contributed by atoms with Crippen LogP contribution in [0, 0.1) is 4.91 Å². The van der Waals surface area contributed by atoms with Gasteiger partial charge in [0.25, 0.3) is 0 Å². The molecule has 25 heavy (non-hydrogen) atoms. The Labute approximate surface area is 146 Å². The number of hydrogen-bond donors (Lipinski definition) is 0. The van der Waals surface area contributed by atoms with Gasteiger partial charge in [-0.2, -0.15) is 0 Å². The second kappa shape index (κ2) is 7.75. The third-order valence-electron chi connectivity index (χ3n) is 3.36. The lowest BCUT2D eigenvalue weighted by Crippen LogP contribution is -2.07. The van der Waals surface area contributed by atoms with Crippen molar-refractivity contribution in [3.63, 3.8) is 0 Å². The van der Waals surface area contributed by atoms with Gasteiger partial charge in [0.15, 0.2) is 11.0 Å². The molecule has 0 saturated carbocycles. The first kappa shape index (κ1) is 16.9. The number of carbonyl (C=O) groups excluding carboxylic acids is 1. The Morgan fingerprint density at radius 3 is 2.64 bits per heavy atom. The molecule has 0 fully saturated rings. The summed E-state index contributed by atoms with van der Waals surface area (Å²) in [5.74, 6) is 0.778. The molecule has 0 unspecified atom stereocenters. The fourth-order valence-electron chi connectivity index (χ4n) is 2.12. The Bertz CT molecular complexity index is 894. The van der Waals surface area contributed by atoms with Crippen LogP contribution in [-0.2, 0) is 4.74 Å². The van der Waals surface area contributed by atoms with Gasteiger partial charge in [-0.25, -0.2) is 9.42 Å². The number of ether oxygens (including phenoxy) is 2. The molecule has 0 aliphatic heterocycles. The first-order chi connectivity index (χ1) is 12.2. The van der Waals surface area contributed by atoms with E-state index >= 15 is 0 Å². The van der Waals surface area contributed by atoms with Crippen LogP contribution in [0.15, 0.2) is 51.1 Å². The topological polar surface area (TPSA) is 104 Å². The second-order valence-electron chi connectivity index (χ2n) is 4.85. The molecule has 0 amide bonds. The number of aromatic nitrogens is 2. The number of fused-ring (bicyclic) bond motifs is 1. The first-order valence-corrected chi connectivity index (χ1v) is 8.24. The molecule has 0 saturated heterocycles. The van der Waals surface area contributed by atoms with E-state index in [2.05, 4.69) is 20.1 Å². The summed E-state index contributed by atoms with van der Waals surface area (Å²) in [6, 6.07) is 9.93. The van der Waals surface area contributed by atoms with Crippen LogP contribution in [0.4, 0.5) is 5.69 Å². The summed E-state index contributed by atoms with van der Waals surface area (Å²) in [6.45, 7) is 0.218. The van der Waals surface area contributed by atoms with Gasteiger partial charge in [-0.1, -0.05) is 0 Å². The third-order valence-corrected chi connectivity index (χ3v) is 4.37. The summed E-state index contributed by atoms with van der Waals surface area (Å²) in [6.07, 6.45) is 0. The van der Waals surface area contributed by atoms with E-state index in [1.165, 1.54) is 11.8 Å². The van der Waals surface area contributed by atoms with Crippen molar-refractivity contribution in [3.05, 3.63) is 46.9 Å². The van der Waals surface area contributed by atoms with E-state index in [0.29, 0.717) is 28.1 Å². The van der Waals surface area contributed by atoms with Crippen LogP contribution in [0.3, 0.4) is 0 Å². The first-order valence-electron chi connectivity index (χ1n) is 7.25. The number of methoxy groups -OCH3 is 1. The highest BCUT2D eigenvalue weighted by molar-refractivity contribution is 7.99. The van der Waals surface area contributed by atoms with Crippen LogP contribution >= 0.6 is 11.8 Å². The number of hydrogen-bond acceptors (Lipinski definition) is 9. The smallest absolute Gasteiger partial charge is 0.338 e. The van der Waals surface area contributed by atoms with Gasteiger partial charge in [-0.3, -0.25) is 0 Å². The number of carbonyl (C=O) groups is 1. The number of rotatable bonds is 7. The van der Waals surface area contributed by atoms with Crippen molar-refractivity contribution in [3.8, 4) is 5.75 Å². The number of thioether (sulfide) groups is 1. The molecule has 1 heterocycles. The van der Waals surface area contributed by atoms with E-state index in [1.807, 2.05) is 0 Å². The summed E-state index contributed by atoms with van der Waals surface area (Å²) in [5.41, 5.74) is 1.40. The second-order valence-corrected chi connectivity index (χ2v) is 5.99. The van der Waals surface area contributed by atoms with E-state index in [4.69, 9.17) is 9.47 Å². The van der Waals surface area contributed by atoms with Crippen molar-refractivity contribution < 1.29 is 18.9 Å². The summed E-state index contributed by atoms with van der Waals surface area (Å²) in [5, 5.41) is 10.3. The SMILES string of the molecule is COc1ccc(C(=O)OCCSc2ccc(N=O)c3nonc23)cc1. The molecule has 9 heteroatoms. The lowest BCUT2D eigenvalue weighted by atomic mass is 10.2. The Balaban J connectivity index is 1.55. The highest BCUT2D eigenvalue weighted by Gasteiger charge is 2.13. The largest absolute Gasteiger partial charge is 0.497 e. The van der Waals surface area contributed by atoms with Crippen LogP contribution in [-0.4, -0.2) is 35.8 Å². The van der Waals surface area contributed by atoms with Gasteiger partial charge in [0, 0.05) is 10.6 Å². The fourth-order valence-corrected chi connectivity index (χ4v) is 2.94. The van der Waals surface area contributed by atoms with Crippen molar-refractivity contribution in [2.45, 2.75) is 4.90 Å². The van der Waals surface area contributed by atoms with E-state index < -0.39 is 5.97 Å². The van der Waals surface area contributed by atoms with Crippen LogP contribution in [0.2, 0.25) is 0 Å². The normalized spacial score (nSPS) is 10.6. The Morgan fingerprint density at radius 1 is 1.16 bits per heavy atom. The maximum absolute atomic E-state index is 12.0. The molecule has 8 nitrogen and oxygen atoms in total. The lowest BCUT2D eigenvalue weighted by molar-refractivity contribution is 0.0530. The van der Waals surface area contributed by atoms with Gasteiger partial charge < -0.3 is 9.47 Å². The predicted octanol–water partition coefficient (Wildman–Crippen LogP) is 3.58. The number of nitroso groups, excluding NO2 is 1. The van der Waals surface area contributed by atoms with E-state index in [9.17, 15) is 9.70 Å². The van der Waals surface area contributed by atoms with E-state index in [-0.39, 0.29) is 12.3 Å². The number of benzene rings is 2. The van der Waals surface area contributed by atoms with Crippen molar-refractivity contribution in [2.24, 2.45) is 5.18 Å². The molecule has 3 aromatic rings. The summed E-state index contributed by atoms with van der Waals surface area (Å²) >= 11 is 1.41. The lowest BCUT2D eigenvalue weighted by Gasteiger charge is -2.06. The molecule has 3 rings (SSSR count). The van der Waals surface area contributed by atoms with Crippen molar-refractivity contribution >= 4 is 34.5 Å². The van der Waals surface area contributed by atoms with Crippen LogP contribution in [0.25, 0.3) is 11.0 Å². The zero-order valence-corrected chi connectivity index (χ0v) is 14.0. The Kier molecular flexibility index (Phi) is 5.24. The molecular formula is C16H13N3O5S. The number of esters is 1. The van der Waals surface area contributed by atoms with Crippen molar-refractivity contribution in [1.29, 1.82) is 0 Å². The molecule has 0 spiro atoms. The minimum absolute atomic E-state index is 0.173. The molecule has 128 valence electrons. The molecule has 2 aromatic carbocycles. The van der Waals surface area contributed by atoms with E-state index in [1.54, 1.807) is 43.5 Å². The molecule has 1 aromatic heterocycles. The fraction of sp³-hybridized carbons (Fsp3) is 0.188. The van der Waals surface area contributed by atoms with Crippen LogP contribution < -0.4 is 4.74 Å². The van der Waals surface area contributed by atoms with Crippen molar-refractivity contribution in [1.82, 2.24) is 10.3 Å². The van der Waals surface area contributed by atoms with Gasteiger partial charge in [-0.05, 0) is 51.9 Å². The van der Waals surface area contributed by atoms with Crippen molar-refractivity contribution in [2.75, 3.05) is 19.5 Å². The standard InChI is InChI=1S/C16H13N3O5S/c1-22-11-4-2-10(3-5-11)16(20)23-8-9-25-13-7-6-12(17-21)14-15(13)19-24-18-14/h2-7H,8-9H2,1H3. The minimum atomic E-state index is -0.406. The summed E-state index contributed by atoms with van der Waals surface area (Å²) < 4.78 is 14.9. The van der Waals surface area contributed by atoms with Gasteiger partial charge >= 0.3 is 5.97 Å². The average molecular weight is 359 g/mol. The Morgan fingerprint density at radius 2 is 1.92 bits per heavy atom. The number of nitrogens with zero attached hydrogens (tertiary/aromatic N) is 3. The third kappa shape index (κ3) is 3.77. The van der Waals surface area contributed by atoms with Gasteiger partial charge in [0.05, 0.1) is 12.7 Å². The summed E-state index contributed by atoms with van der Waals surface area (Å²) in [7, 11) is 1.56. The maximum atomic E-state index is 12.0. The van der Waals surface area contributed by atoms with Gasteiger partial charge in [0.2, 0.25) is 0 Å². The molecule has 0 radical (unpaired) electrons. The molecule has 0 aliphatic rings. The molecule has 0 aliphatic carbocycles.